The first-order chi connectivity index (χ1) is 7.28. The van der Waals surface area contributed by atoms with E-state index in [-0.39, 0.29) is 0 Å². The average molecular weight is 270 g/mol. The Morgan fingerprint density at radius 2 is 2.33 bits per heavy atom. The Bertz CT molecular complexity index is 329. The summed E-state index contributed by atoms with van der Waals surface area (Å²) in [5.74, 6) is 0.483. The van der Waals surface area contributed by atoms with Gasteiger partial charge in [-0.3, -0.25) is 4.90 Å². The molecule has 0 unspecified atom stereocenters. The van der Waals surface area contributed by atoms with Crippen LogP contribution >= 0.6 is 15.9 Å². The van der Waals surface area contributed by atoms with Crippen molar-refractivity contribution >= 4 is 15.9 Å². The molecule has 1 N–H and O–H groups in total. The summed E-state index contributed by atoms with van der Waals surface area (Å²) in [7, 11) is 0. The number of rotatable bonds is 3. The average Bonchev–Trinajstić information content (AvgIpc) is 2.65. The minimum atomic E-state index is 0.328. The summed E-state index contributed by atoms with van der Waals surface area (Å²) in [6.45, 7) is 3.46. The van der Waals surface area contributed by atoms with E-state index in [2.05, 4.69) is 39.0 Å². The third-order valence-electron chi connectivity index (χ3n) is 2.92. The predicted molar refractivity (Wildman–Crippen MR) is 64.6 cm³/mol. The summed E-state index contributed by atoms with van der Waals surface area (Å²) >= 11 is 3.48. The van der Waals surface area contributed by atoms with Gasteiger partial charge >= 0.3 is 0 Å². The van der Waals surface area contributed by atoms with Gasteiger partial charge < -0.3 is 5.11 Å². The lowest BCUT2D eigenvalue weighted by Crippen LogP contribution is -2.20. The van der Waals surface area contributed by atoms with Crippen LogP contribution in [0.4, 0.5) is 0 Å². The van der Waals surface area contributed by atoms with Crippen molar-refractivity contribution in [2.24, 2.45) is 5.92 Å². The topological polar surface area (TPSA) is 23.5 Å². The molecule has 82 valence electrons. The number of nitrogens with zero attached hydrogens (tertiary/aromatic N) is 1. The molecule has 3 heteroatoms. The standard InChI is InChI=1S/C12H16BrNO/c13-12-3-1-2-10(6-12)7-14-5-4-11(8-14)9-15/h1-3,6,11,15H,4-5,7-9H2/t11-/m1/s1. The zero-order valence-corrected chi connectivity index (χ0v) is 10.3. The molecular weight excluding hydrogens is 254 g/mol. The number of likely N-dealkylation sites (tertiary alicyclic amines) is 1. The van der Waals surface area contributed by atoms with Crippen LogP contribution in [0.5, 0.6) is 0 Å². The van der Waals surface area contributed by atoms with Crippen LogP contribution in [0.2, 0.25) is 0 Å². The molecule has 1 aliphatic rings. The Labute approximate surface area is 99.0 Å². The summed E-state index contributed by atoms with van der Waals surface area (Å²) in [6, 6.07) is 8.42. The fourth-order valence-electron chi connectivity index (χ4n) is 2.10. The number of hydrogen-bond acceptors (Lipinski definition) is 2. The van der Waals surface area contributed by atoms with E-state index in [0.29, 0.717) is 12.5 Å². The van der Waals surface area contributed by atoms with Crippen LogP contribution < -0.4 is 0 Å². The lowest BCUT2D eigenvalue weighted by atomic mass is 10.1. The Morgan fingerprint density at radius 1 is 1.47 bits per heavy atom. The van der Waals surface area contributed by atoms with Gasteiger partial charge in [0.15, 0.2) is 0 Å². The van der Waals surface area contributed by atoms with Crippen LogP contribution in [0, 0.1) is 5.92 Å². The molecule has 0 aliphatic carbocycles. The smallest absolute Gasteiger partial charge is 0.0471 e. The first kappa shape index (κ1) is 11.1. The fourth-order valence-corrected chi connectivity index (χ4v) is 2.55. The number of aliphatic hydroxyl groups excluding tert-OH is 1. The second kappa shape index (κ2) is 5.10. The van der Waals surface area contributed by atoms with Crippen LogP contribution in [0.15, 0.2) is 28.7 Å². The van der Waals surface area contributed by atoms with Crippen LogP contribution in [-0.2, 0) is 6.54 Å². The number of hydrogen-bond donors (Lipinski definition) is 1. The minimum absolute atomic E-state index is 0.328. The van der Waals surface area contributed by atoms with Crippen molar-refractivity contribution < 1.29 is 5.11 Å². The van der Waals surface area contributed by atoms with Gasteiger partial charge in [-0.15, -0.1) is 0 Å². The number of halogens is 1. The largest absolute Gasteiger partial charge is 0.396 e. The molecule has 1 fully saturated rings. The van der Waals surface area contributed by atoms with Gasteiger partial charge in [0.2, 0.25) is 0 Å². The van der Waals surface area contributed by atoms with E-state index in [1.54, 1.807) is 0 Å². The summed E-state index contributed by atoms with van der Waals surface area (Å²) in [5, 5.41) is 9.06. The Balaban J connectivity index is 1.92. The highest BCUT2D eigenvalue weighted by atomic mass is 79.9. The normalized spacial score (nSPS) is 22.1. The molecule has 0 spiro atoms. The third kappa shape index (κ3) is 3.03. The maximum Gasteiger partial charge on any atom is 0.0471 e. The highest BCUT2D eigenvalue weighted by Gasteiger charge is 2.21. The minimum Gasteiger partial charge on any atom is -0.396 e. The van der Waals surface area contributed by atoms with Gasteiger partial charge in [-0.2, -0.15) is 0 Å². The van der Waals surface area contributed by atoms with Gasteiger partial charge in [0.25, 0.3) is 0 Å². The Hall–Kier alpha value is -0.380. The van der Waals surface area contributed by atoms with Crippen molar-refractivity contribution in [3.05, 3.63) is 34.3 Å². The molecule has 1 aromatic carbocycles. The highest BCUT2D eigenvalue weighted by molar-refractivity contribution is 9.10. The molecule has 0 radical (unpaired) electrons. The van der Waals surface area contributed by atoms with E-state index in [1.165, 1.54) is 5.56 Å². The van der Waals surface area contributed by atoms with Crippen molar-refractivity contribution in [3.63, 3.8) is 0 Å². The highest BCUT2D eigenvalue weighted by Crippen LogP contribution is 2.19. The van der Waals surface area contributed by atoms with Gasteiger partial charge in [-0.25, -0.2) is 0 Å². The zero-order chi connectivity index (χ0) is 10.7. The maximum absolute atomic E-state index is 9.06. The molecule has 0 aromatic heterocycles. The molecule has 1 saturated heterocycles. The maximum atomic E-state index is 9.06. The second-order valence-electron chi connectivity index (χ2n) is 4.20. The quantitative estimate of drug-likeness (QED) is 0.910. The lowest BCUT2D eigenvalue weighted by molar-refractivity contribution is 0.220. The molecular formula is C12H16BrNO. The molecule has 1 aromatic rings. The SMILES string of the molecule is OC[C@@H]1CCN(Cc2cccc(Br)c2)C1. The summed E-state index contributed by atoms with van der Waals surface area (Å²) < 4.78 is 1.14. The van der Waals surface area contributed by atoms with E-state index >= 15 is 0 Å². The van der Waals surface area contributed by atoms with Crippen molar-refractivity contribution in [2.75, 3.05) is 19.7 Å². The van der Waals surface area contributed by atoms with E-state index in [9.17, 15) is 0 Å². The summed E-state index contributed by atoms with van der Waals surface area (Å²) in [5.41, 5.74) is 1.34. The van der Waals surface area contributed by atoms with Crippen molar-refractivity contribution in [2.45, 2.75) is 13.0 Å². The van der Waals surface area contributed by atoms with Crippen molar-refractivity contribution in [1.82, 2.24) is 4.90 Å². The van der Waals surface area contributed by atoms with E-state index < -0.39 is 0 Å². The van der Waals surface area contributed by atoms with Crippen LogP contribution in [0.1, 0.15) is 12.0 Å². The molecule has 2 rings (SSSR count). The van der Waals surface area contributed by atoms with E-state index in [4.69, 9.17) is 5.11 Å². The predicted octanol–water partition coefficient (Wildman–Crippen LogP) is 2.26. The molecule has 1 atom stereocenters. The van der Waals surface area contributed by atoms with E-state index in [1.807, 2.05) is 6.07 Å². The molecule has 15 heavy (non-hydrogen) atoms. The first-order valence-electron chi connectivity index (χ1n) is 5.35. The van der Waals surface area contributed by atoms with Gasteiger partial charge in [0.1, 0.15) is 0 Å². The first-order valence-corrected chi connectivity index (χ1v) is 6.15. The fraction of sp³-hybridized carbons (Fsp3) is 0.500. The van der Waals surface area contributed by atoms with Gasteiger partial charge in [0, 0.05) is 24.2 Å². The number of aliphatic hydroxyl groups is 1. The molecule has 2 nitrogen and oxygen atoms in total. The van der Waals surface area contributed by atoms with Crippen molar-refractivity contribution in [1.29, 1.82) is 0 Å². The van der Waals surface area contributed by atoms with Crippen molar-refractivity contribution in [3.8, 4) is 0 Å². The van der Waals surface area contributed by atoms with Gasteiger partial charge in [-0.1, -0.05) is 28.1 Å². The van der Waals surface area contributed by atoms with Gasteiger partial charge in [-0.05, 0) is 36.6 Å². The Morgan fingerprint density at radius 3 is 3.00 bits per heavy atom. The third-order valence-corrected chi connectivity index (χ3v) is 3.42. The molecule has 0 saturated carbocycles. The van der Waals surface area contributed by atoms with E-state index in [0.717, 1.165) is 30.5 Å². The lowest BCUT2D eigenvalue weighted by Gasteiger charge is -2.15. The second-order valence-corrected chi connectivity index (χ2v) is 5.12. The molecule has 0 amide bonds. The monoisotopic (exact) mass is 269 g/mol. The van der Waals surface area contributed by atoms with Gasteiger partial charge in [0.05, 0.1) is 0 Å². The van der Waals surface area contributed by atoms with Crippen LogP contribution in [-0.4, -0.2) is 29.7 Å². The molecule has 0 bridgehead atoms. The van der Waals surface area contributed by atoms with Crippen LogP contribution in [0.3, 0.4) is 0 Å². The summed E-state index contributed by atoms with van der Waals surface area (Å²) in [4.78, 5) is 2.41. The summed E-state index contributed by atoms with van der Waals surface area (Å²) in [6.07, 6.45) is 1.13. The molecule has 1 aliphatic heterocycles. The number of benzene rings is 1. The Kier molecular flexibility index (Phi) is 3.78. The molecule has 1 heterocycles. The zero-order valence-electron chi connectivity index (χ0n) is 8.69. The van der Waals surface area contributed by atoms with Crippen LogP contribution in [0.25, 0.3) is 0 Å².